The highest BCUT2D eigenvalue weighted by Gasteiger charge is 2.34. The van der Waals surface area contributed by atoms with Crippen LogP contribution in [0.5, 0.6) is 0 Å². The number of imide groups is 1. The molecule has 1 fully saturated rings. The number of rotatable bonds is 5. The van der Waals surface area contributed by atoms with Gasteiger partial charge in [-0.1, -0.05) is 30.3 Å². The molecule has 2 aromatic carbocycles. The molecule has 0 spiro atoms. The summed E-state index contributed by atoms with van der Waals surface area (Å²) in [5, 5.41) is 2.57. The van der Waals surface area contributed by atoms with Crippen LogP contribution in [-0.4, -0.2) is 24.5 Å². The minimum atomic E-state index is -0.515. The molecule has 3 aromatic rings. The van der Waals surface area contributed by atoms with E-state index in [9.17, 15) is 14.4 Å². The molecule has 0 unspecified atom stereocenters. The van der Waals surface area contributed by atoms with Crippen molar-refractivity contribution in [3.63, 3.8) is 0 Å². The molecule has 1 saturated heterocycles. The highest BCUT2D eigenvalue weighted by molar-refractivity contribution is 6.28. The molecule has 4 rings (SSSR count). The largest absolute Gasteiger partial charge is 0.462 e. The molecule has 1 aromatic heterocycles. The van der Waals surface area contributed by atoms with Crippen molar-refractivity contribution in [2.45, 2.75) is 6.92 Å². The molecule has 0 saturated carbocycles. The van der Waals surface area contributed by atoms with E-state index >= 15 is 0 Å². The highest BCUT2D eigenvalue weighted by Crippen LogP contribution is 2.26. The first kappa shape index (κ1) is 19.2. The minimum absolute atomic E-state index is 0.127. The third-order valence-corrected chi connectivity index (χ3v) is 4.49. The molecule has 0 atom stereocenters. The molecule has 0 radical (unpaired) electrons. The number of nitrogens with zero attached hydrogens (tertiary/aromatic N) is 1. The summed E-state index contributed by atoms with van der Waals surface area (Å²) < 4.78 is 10.8. The molecule has 2 heterocycles. The van der Waals surface area contributed by atoms with Gasteiger partial charge in [0.1, 0.15) is 17.2 Å². The molecule has 0 aliphatic carbocycles. The zero-order valence-corrected chi connectivity index (χ0v) is 16.1. The minimum Gasteiger partial charge on any atom is -0.462 e. The van der Waals surface area contributed by atoms with E-state index in [1.807, 2.05) is 6.07 Å². The predicted molar refractivity (Wildman–Crippen MR) is 111 cm³/mol. The Hall–Kier alpha value is -4.13. The number of carbonyl (C=O) groups excluding carboxylic acids is 3. The van der Waals surface area contributed by atoms with Crippen LogP contribution in [0.2, 0.25) is 0 Å². The first-order valence-corrected chi connectivity index (χ1v) is 9.36. The van der Waals surface area contributed by atoms with Crippen LogP contribution in [0.1, 0.15) is 23.0 Å². The summed E-state index contributed by atoms with van der Waals surface area (Å²) in [6.07, 6.45) is 1.49. The van der Waals surface area contributed by atoms with Crippen LogP contribution in [0.25, 0.3) is 17.4 Å². The van der Waals surface area contributed by atoms with Gasteiger partial charge in [-0.2, -0.15) is 0 Å². The lowest BCUT2D eigenvalue weighted by Gasteiger charge is -2.10. The molecular weight excluding hydrogens is 384 g/mol. The van der Waals surface area contributed by atoms with E-state index in [0.717, 1.165) is 10.5 Å². The van der Waals surface area contributed by atoms with Crippen molar-refractivity contribution in [1.29, 1.82) is 0 Å². The fourth-order valence-electron chi connectivity index (χ4n) is 3.06. The number of urea groups is 1. The molecule has 150 valence electrons. The van der Waals surface area contributed by atoms with Crippen molar-refractivity contribution >= 4 is 29.7 Å². The topological polar surface area (TPSA) is 88.9 Å². The Morgan fingerprint density at radius 1 is 1.03 bits per heavy atom. The second-order valence-electron chi connectivity index (χ2n) is 6.46. The summed E-state index contributed by atoms with van der Waals surface area (Å²) in [5.74, 6) is 0.141. The highest BCUT2D eigenvalue weighted by atomic mass is 16.5. The Labute approximate surface area is 172 Å². The Kier molecular flexibility index (Phi) is 5.17. The van der Waals surface area contributed by atoms with Gasteiger partial charge < -0.3 is 14.5 Å². The summed E-state index contributed by atoms with van der Waals surface area (Å²) in [6.45, 7) is 2.06. The Morgan fingerprint density at radius 3 is 2.47 bits per heavy atom. The van der Waals surface area contributed by atoms with E-state index in [1.54, 1.807) is 67.6 Å². The lowest BCUT2D eigenvalue weighted by molar-refractivity contribution is -0.113. The number of furan rings is 1. The van der Waals surface area contributed by atoms with Gasteiger partial charge in [-0.05, 0) is 43.3 Å². The Bertz CT molecular complexity index is 1130. The maximum absolute atomic E-state index is 12.6. The zero-order valence-electron chi connectivity index (χ0n) is 16.1. The molecule has 1 aliphatic rings. The fraction of sp³-hybridized carbons (Fsp3) is 0.0870. The number of anilines is 1. The van der Waals surface area contributed by atoms with Crippen LogP contribution >= 0.6 is 0 Å². The van der Waals surface area contributed by atoms with Gasteiger partial charge in [0.2, 0.25) is 0 Å². The first-order valence-electron chi connectivity index (χ1n) is 9.36. The smallest absolute Gasteiger partial charge is 0.338 e. The van der Waals surface area contributed by atoms with Gasteiger partial charge in [-0.25, -0.2) is 14.5 Å². The van der Waals surface area contributed by atoms with E-state index < -0.39 is 11.9 Å². The van der Waals surface area contributed by atoms with Gasteiger partial charge in [0.15, 0.2) is 0 Å². The maximum atomic E-state index is 12.6. The van der Waals surface area contributed by atoms with Crippen LogP contribution in [0, 0.1) is 0 Å². The van der Waals surface area contributed by atoms with E-state index in [4.69, 9.17) is 9.15 Å². The molecule has 7 nitrogen and oxygen atoms in total. The van der Waals surface area contributed by atoms with E-state index in [-0.39, 0.29) is 11.7 Å². The van der Waals surface area contributed by atoms with Crippen molar-refractivity contribution in [3.8, 4) is 11.3 Å². The normalized spacial score (nSPS) is 14.8. The van der Waals surface area contributed by atoms with Crippen LogP contribution in [-0.2, 0) is 9.53 Å². The van der Waals surface area contributed by atoms with Crippen molar-refractivity contribution in [3.05, 3.63) is 83.8 Å². The van der Waals surface area contributed by atoms with Crippen molar-refractivity contribution in [1.82, 2.24) is 5.32 Å². The van der Waals surface area contributed by atoms with Crippen LogP contribution < -0.4 is 10.2 Å². The summed E-state index contributed by atoms with van der Waals surface area (Å²) in [4.78, 5) is 37.7. The molecule has 30 heavy (non-hydrogen) atoms. The number of hydrogen-bond acceptors (Lipinski definition) is 5. The summed E-state index contributed by atoms with van der Waals surface area (Å²) in [6, 6.07) is 18.4. The van der Waals surface area contributed by atoms with Gasteiger partial charge in [0.05, 0.1) is 17.9 Å². The molecule has 7 heteroatoms. The number of hydrogen-bond donors (Lipinski definition) is 1. The number of nitrogens with one attached hydrogen (secondary N) is 1. The molecule has 1 aliphatic heterocycles. The van der Waals surface area contributed by atoms with Gasteiger partial charge in [0, 0.05) is 11.6 Å². The Morgan fingerprint density at radius 2 is 1.77 bits per heavy atom. The predicted octanol–water partition coefficient (Wildman–Crippen LogP) is 4.22. The molecular formula is C23H18N2O5. The number of amides is 3. The summed E-state index contributed by atoms with van der Waals surface area (Å²) in [7, 11) is 0. The number of para-hydroxylation sites is 1. The Balaban J connectivity index is 1.53. The lowest BCUT2D eigenvalue weighted by atomic mass is 10.1. The lowest BCUT2D eigenvalue weighted by Crippen LogP contribution is -2.30. The first-order chi connectivity index (χ1) is 14.6. The van der Waals surface area contributed by atoms with Gasteiger partial charge in [0.25, 0.3) is 5.91 Å². The van der Waals surface area contributed by atoms with E-state index in [1.165, 1.54) is 6.08 Å². The number of esters is 1. The molecule has 3 amide bonds. The van der Waals surface area contributed by atoms with Crippen LogP contribution in [0.4, 0.5) is 10.5 Å². The third kappa shape index (κ3) is 3.73. The number of benzene rings is 2. The second-order valence-corrected chi connectivity index (χ2v) is 6.46. The summed E-state index contributed by atoms with van der Waals surface area (Å²) in [5.41, 5.74) is 1.84. The number of carbonyl (C=O) groups is 3. The van der Waals surface area contributed by atoms with Crippen LogP contribution in [0.15, 0.2) is 76.8 Å². The quantitative estimate of drug-likeness (QED) is 0.392. The average molecular weight is 402 g/mol. The van der Waals surface area contributed by atoms with Gasteiger partial charge in [-0.15, -0.1) is 0 Å². The van der Waals surface area contributed by atoms with Crippen molar-refractivity contribution in [2.24, 2.45) is 0 Å². The van der Waals surface area contributed by atoms with Gasteiger partial charge >= 0.3 is 12.0 Å². The maximum Gasteiger partial charge on any atom is 0.338 e. The standard InChI is InChI=1S/C23H18N2O5/c1-2-29-22(27)16-10-8-15(9-11-16)20-13-12-18(30-20)14-19-21(26)25(23(28)24-19)17-6-4-3-5-7-17/h3-14H,2H2,1H3,(H,24,28)/b19-14+. The number of ether oxygens (including phenoxy) is 1. The second kappa shape index (κ2) is 8.08. The van der Waals surface area contributed by atoms with Crippen LogP contribution in [0.3, 0.4) is 0 Å². The molecule has 0 bridgehead atoms. The average Bonchev–Trinajstić information content (AvgIpc) is 3.33. The fourth-order valence-corrected chi connectivity index (χ4v) is 3.06. The van der Waals surface area contributed by atoms with E-state index in [2.05, 4.69) is 5.32 Å². The monoisotopic (exact) mass is 402 g/mol. The SMILES string of the molecule is CCOC(=O)c1ccc(-c2ccc(/C=C3/NC(=O)N(c4ccccc4)C3=O)o2)cc1. The molecule has 1 N–H and O–H groups in total. The summed E-state index contributed by atoms with van der Waals surface area (Å²) >= 11 is 0. The van der Waals surface area contributed by atoms with Crippen molar-refractivity contribution in [2.75, 3.05) is 11.5 Å². The third-order valence-electron chi connectivity index (χ3n) is 4.49. The van der Waals surface area contributed by atoms with E-state index in [0.29, 0.717) is 29.4 Å². The zero-order chi connectivity index (χ0) is 21.1. The van der Waals surface area contributed by atoms with Crippen molar-refractivity contribution < 1.29 is 23.5 Å². The van der Waals surface area contributed by atoms with Gasteiger partial charge in [-0.3, -0.25) is 4.79 Å².